The summed E-state index contributed by atoms with van der Waals surface area (Å²) in [5.41, 5.74) is 0. The molecule has 0 atom stereocenters. The highest BCUT2D eigenvalue weighted by molar-refractivity contribution is 5.78. The van der Waals surface area contributed by atoms with Crippen LogP contribution < -0.4 is 0 Å². The quantitative estimate of drug-likeness (QED) is 0.0577. The predicted molar refractivity (Wildman–Crippen MR) is 229 cm³/mol. The van der Waals surface area contributed by atoms with Gasteiger partial charge in [-0.25, -0.2) is 0 Å². The van der Waals surface area contributed by atoms with Crippen molar-refractivity contribution < 1.29 is 4.79 Å². The van der Waals surface area contributed by atoms with Crippen molar-refractivity contribution in [3.63, 3.8) is 0 Å². The number of hydrogen-bond donors (Lipinski definition) is 0. The number of carbonyl (C=O) groups is 1. The van der Waals surface area contributed by atoms with Gasteiger partial charge in [0.1, 0.15) is 5.78 Å². The van der Waals surface area contributed by atoms with Gasteiger partial charge in [0.15, 0.2) is 0 Å². The van der Waals surface area contributed by atoms with Gasteiger partial charge in [-0.05, 0) is 12.8 Å². The van der Waals surface area contributed by atoms with E-state index < -0.39 is 0 Å². The largest absolute Gasteiger partial charge is 0.300 e. The van der Waals surface area contributed by atoms with Crippen LogP contribution in [0.15, 0.2) is 0 Å². The summed E-state index contributed by atoms with van der Waals surface area (Å²) < 4.78 is 0. The average molecular weight is 703 g/mol. The van der Waals surface area contributed by atoms with Crippen molar-refractivity contribution >= 4 is 5.78 Å². The molecule has 0 radical (unpaired) electrons. The zero-order valence-corrected chi connectivity index (χ0v) is 35.4. The molecule has 0 rings (SSSR count). The van der Waals surface area contributed by atoms with Crippen LogP contribution in [0.25, 0.3) is 0 Å². The minimum Gasteiger partial charge on any atom is -0.300 e. The molecular formula is C49H98O. The fourth-order valence-corrected chi connectivity index (χ4v) is 7.99. The third kappa shape index (κ3) is 45.7. The maximum atomic E-state index is 12.2. The monoisotopic (exact) mass is 703 g/mol. The van der Waals surface area contributed by atoms with E-state index in [-0.39, 0.29) is 0 Å². The van der Waals surface area contributed by atoms with Crippen LogP contribution in [-0.4, -0.2) is 5.78 Å². The minimum absolute atomic E-state index is 0.532. The van der Waals surface area contributed by atoms with Crippen molar-refractivity contribution in [1.82, 2.24) is 0 Å². The zero-order valence-electron chi connectivity index (χ0n) is 35.4. The van der Waals surface area contributed by atoms with E-state index in [1.165, 1.54) is 270 Å². The number of hydrogen-bond acceptors (Lipinski definition) is 1. The Labute approximate surface area is 318 Å². The van der Waals surface area contributed by atoms with E-state index in [0.717, 1.165) is 25.7 Å². The smallest absolute Gasteiger partial charge is 0.132 e. The number of rotatable bonds is 46. The number of carbonyl (C=O) groups excluding carboxylic acids is 1. The summed E-state index contributed by atoms with van der Waals surface area (Å²) in [7, 11) is 0. The lowest BCUT2D eigenvalue weighted by atomic mass is 10.0. The van der Waals surface area contributed by atoms with Crippen molar-refractivity contribution in [3.8, 4) is 0 Å². The van der Waals surface area contributed by atoms with Crippen LogP contribution in [0, 0.1) is 0 Å². The Bertz CT molecular complexity index is 596. The van der Waals surface area contributed by atoms with E-state index in [9.17, 15) is 4.79 Å². The SMILES string of the molecule is CCCCCCCCCCCCCCCCCCCCCCCCCCCCCCCC(=O)CCCCCCCCCCCCCCCCC. The second kappa shape index (κ2) is 46.7. The third-order valence-corrected chi connectivity index (χ3v) is 11.6. The van der Waals surface area contributed by atoms with E-state index in [0.29, 0.717) is 5.78 Å². The van der Waals surface area contributed by atoms with E-state index >= 15 is 0 Å². The van der Waals surface area contributed by atoms with Crippen LogP contribution >= 0.6 is 0 Å². The second-order valence-corrected chi connectivity index (χ2v) is 16.9. The third-order valence-electron chi connectivity index (χ3n) is 11.6. The molecule has 0 aliphatic rings. The lowest BCUT2D eigenvalue weighted by Gasteiger charge is -2.05. The molecule has 0 unspecified atom stereocenters. The standard InChI is InChI=1S/C49H98O/c1-3-5-7-9-11-13-15-17-19-20-21-22-23-24-25-26-27-28-29-30-31-32-34-36-38-40-42-44-46-48-49(50)47-45-43-41-39-37-35-33-18-16-14-12-10-8-6-4-2/h3-48H2,1-2H3. The molecule has 300 valence electrons. The Kier molecular flexibility index (Phi) is 46.4. The highest BCUT2D eigenvalue weighted by Crippen LogP contribution is 2.18. The molecule has 0 heterocycles. The maximum absolute atomic E-state index is 12.2. The van der Waals surface area contributed by atoms with Crippen molar-refractivity contribution in [2.75, 3.05) is 0 Å². The van der Waals surface area contributed by atoms with Gasteiger partial charge in [-0.1, -0.05) is 284 Å². The van der Waals surface area contributed by atoms with Gasteiger partial charge in [-0.3, -0.25) is 4.79 Å². The van der Waals surface area contributed by atoms with Crippen molar-refractivity contribution in [2.45, 2.75) is 309 Å². The van der Waals surface area contributed by atoms with E-state index in [4.69, 9.17) is 0 Å². The topological polar surface area (TPSA) is 17.1 Å². The molecule has 0 aromatic rings. The minimum atomic E-state index is 0.532. The summed E-state index contributed by atoms with van der Waals surface area (Å²) in [6.45, 7) is 4.61. The molecule has 1 heteroatoms. The van der Waals surface area contributed by atoms with Gasteiger partial charge in [0.05, 0.1) is 0 Å². The van der Waals surface area contributed by atoms with Crippen molar-refractivity contribution in [3.05, 3.63) is 0 Å². The fraction of sp³-hybridized carbons (Fsp3) is 0.980. The molecule has 0 saturated heterocycles. The summed E-state index contributed by atoms with van der Waals surface area (Å²) in [5, 5.41) is 0. The summed E-state index contributed by atoms with van der Waals surface area (Å²) in [6, 6.07) is 0. The van der Waals surface area contributed by atoms with Crippen LogP contribution in [0.5, 0.6) is 0 Å². The van der Waals surface area contributed by atoms with Gasteiger partial charge in [0.25, 0.3) is 0 Å². The first-order chi connectivity index (χ1) is 24.8. The van der Waals surface area contributed by atoms with Gasteiger partial charge in [-0.2, -0.15) is 0 Å². The molecule has 0 N–H and O–H groups in total. The van der Waals surface area contributed by atoms with Crippen LogP contribution in [0.2, 0.25) is 0 Å². The molecule has 0 aromatic carbocycles. The maximum Gasteiger partial charge on any atom is 0.132 e. The molecule has 0 saturated carbocycles. The fourth-order valence-electron chi connectivity index (χ4n) is 7.99. The number of Topliss-reactive ketones (excluding diaryl/α,β-unsaturated/α-hetero) is 1. The first kappa shape index (κ1) is 49.7. The van der Waals surface area contributed by atoms with Crippen molar-refractivity contribution in [1.29, 1.82) is 0 Å². The van der Waals surface area contributed by atoms with E-state index in [1.807, 2.05) is 0 Å². The van der Waals surface area contributed by atoms with Crippen LogP contribution in [0.3, 0.4) is 0 Å². The van der Waals surface area contributed by atoms with Crippen molar-refractivity contribution in [2.24, 2.45) is 0 Å². The van der Waals surface area contributed by atoms with Crippen LogP contribution in [0.1, 0.15) is 309 Å². The second-order valence-electron chi connectivity index (χ2n) is 16.9. The first-order valence-electron chi connectivity index (χ1n) is 24.3. The molecule has 0 bridgehead atoms. The summed E-state index contributed by atoms with van der Waals surface area (Å²) in [4.78, 5) is 12.2. The van der Waals surface area contributed by atoms with E-state index in [1.54, 1.807) is 0 Å². The molecule has 0 spiro atoms. The molecular weight excluding hydrogens is 605 g/mol. The first-order valence-corrected chi connectivity index (χ1v) is 24.3. The van der Waals surface area contributed by atoms with Gasteiger partial charge < -0.3 is 0 Å². The van der Waals surface area contributed by atoms with Crippen LogP contribution in [0.4, 0.5) is 0 Å². The lowest BCUT2D eigenvalue weighted by molar-refractivity contribution is -0.119. The van der Waals surface area contributed by atoms with Gasteiger partial charge in [0, 0.05) is 12.8 Å². The Balaban J connectivity index is 3.13. The summed E-state index contributed by atoms with van der Waals surface area (Å²) >= 11 is 0. The lowest BCUT2D eigenvalue weighted by Crippen LogP contribution is -1.97. The van der Waals surface area contributed by atoms with Gasteiger partial charge >= 0.3 is 0 Å². The predicted octanol–water partition coefficient (Wildman–Crippen LogP) is 18.5. The molecule has 0 amide bonds. The summed E-state index contributed by atoms with van der Waals surface area (Å²) in [5.74, 6) is 0.532. The molecule has 0 aliphatic carbocycles. The Morgan fingerprint density at radius 2 is 0.320 bits per heavy atom. The highest BCUT2D eigenvalue weighted by Gasteiger charge is 2.03. The highest BCUT2D eigenvalue weighted by atomic mass is 16.1. The normalized spacial score (nSPS) is 11.6. The Morgan fingerprint density at radius 1 is 0.200 bits per heavy atom. The Morgan fingerprint density at radius 3 is 0.460 bits per heavy atom. The molecule has 1 nitrogen and oxygen atoms in total. The summed E-state index contributed by atoms with van der Waals surface area (Å²) in [6.07, 6.45) is 64.3. The average Bonchev–Trinajstić information content (AvgIpc) is 3.12. The number of ketones is 1. The Hall–Kier alpha value is -0.330. The zero-order chi connectivity index (χ0) is 36.1. The molecule has 0 aromatic heterocycles. The van der Waals surface area contributed by atoms with E-state index in [2.05, 4.69) is 13.8 Å². The van der Waals surface area contributed by atoms with Gasteiger partial charge in [-0.15, -0.1) is 0 Å². The molecule has 0 aliphatic heterocycles. The van der Waals surface area contributed by atoms with Crippen LogP contribution in [-0.2, 0) is 4.79 Å². The number of unbranched alkanes of at least 4 members (excludes halogenated alkanes) is 42. The molecule has 50 heavy (non-hydrogen) atoms. The van der Waals surface area contributed by atoms with Gasteiger partial charge in [0.2, 0.25) is 0 Å². The molecule has 0 fully saturated rings.